The summed E-state index contributed by atoms with van der Waals surface area (Å²) in [4.78, 5) is 38.2. The van der Waals surface area contributed by atoms with Crippen molar-refractivity contribution in [2.24, 2.45) is 0 Å². The van der Waals surface area contributed by atoms with E-state index in [0.717, 1.165) is 77.0 Å². The number of hydrogen-bond acceptors (Lipinski definition) is 6. The molecule has 0 aromatic rings. The molecule has 0 spiro atoms. The van der Waals surface area contributed by atoms with E-state index in [9.17, 15) is 14.4 Å². The molecule has 0 aromatic carbocycles. The van der Waals surface area contributed by atoms with Gasteiger partial charge in [-0.25, -0.2) is 0 Å². The zero-order valence-electron chi connectivity index (χ0n) is 45.6. The van der Waals surface area contributed by atoms with E-state index in [1.807, 2.05) is 0 Å². The Bertz CT molecular complexity index is 1140. The second-order valence-corrected chi connectivity index (χ2v) is 20.3. The average Bonchev–Trinajstić information content (AvgIpc) is 3.34. The van der Waals surface area contributed by atoms with Crippen LogP contribution in [0.5, 0.6) is 0 Å². The SMILES string of the molecule is CCCC/C=C/C/C=C/CCCCCCCC(=O)OC[C@H](COC(=O)CCCCCCCCCCCCCCCCCCCCC)OC(=O)CCCCCCCCC/C=C/CCCCCCCC. The van der Waals surface area contributed by atoms with Crippen molar-refractivity contribution < 1.29 is 28.6 Å². The highest BCUT2D eigenvalue weighted by atomic mass is 16.6. The Morgan fingerprint density at radius 2 is 0.544 bits per heavy atom. The third-order valence-corrected chi connectivity index (χ3v) is 13.4. The van der Waals surface area contributed by atoms with Crippen LogP contribution in [-0.4, -0.2) is 37.2 Å². The third-order valence-electron chi connectivity index (χ3n) is 13.4. The number of hydrogen-bond donors (Lipinski definition) is 0. The molecule has 398 valence electrons. The fourth-order valence-corrected chi connectivity index (χ4v) is 8.81. The summed E-state index contributed by atoms with van der Waals surface area (Å²) in [5.74, 6) is -0.874. The van der Waals surface area contributed by atoms with Gasteiger partial charge in [0.1, 0.15) is 13.2 Å². The van der Waals surface area contributed by atoms with Crippen molar-refractivity contribution in [1.82, 2.24) is 0 Å². The smallest absolute Gasteiger partial charge is 0.306 e. The molecule has 0 aliphatic carbocycles. The van der Waals surface area contributed by atoms with Crippen LogP contribution in [0.1, 0.15) is 323 Å². The summed E-state index contributed by atoms with van der Waals surface area (Å²) < 4.78 is 16.9. The van der Waals surface area contributed by atoms with Crippen LogP contribution in [0.25, 0.3) is 0 Å². The average molecular weight is 956 g/mol. The van der Waals surface area contributed by atoms with Gasteiger partial charge in [0.2, 0.25) is 0 Å². The molecule has 68 heavy (non-hydrogen) atoms. The highest BCUT2D eigenvalue weighted by molar-refractivity contribution is 5.71. The second kappa shape index (κ2) is 57.2. The molecular weight excluding hydrogens is 841 g/mol. The Balaban J connectivity index is 4.33. The van der Waals surface area contributed by atoms with Gasteiger partial charge in [0.25, 0.3) is 0 Å². The number of unbranched alkanes of at least 4 members (excludes halogenated alkanes) is 38. The number of allylic oxidation sites excluding steroid dienone is 6. The van der Waals surface area contributed by atoms with Gasteiger partial charge >= 0.3 is 17.9 Å². The fraction of sp³-hybridized carbons (Fsp3) is 0.855. The molecule has 0 radical (unpaired) electrons. The zero-order chi connectivity index (χ0) is 49.3. The minimum absolute atomic E-state index is 0.0746. The Morgan fingerprint density at radius 3 is 0.868 bits per heavy atom. The fourth-order valence-electron chi connectivity index (χ4n) is 8.81. The minimum atomic E-state index is -0.778. The molecule has 0 bridgehead atoms. The quantitative estimate of drug-likeness (QED) is 0.0262. The molecule has 0 aliphatic heterocycles. The third kappa shape index (κ3) is 54.6. The largest absolute Gasteiger partial charge is 0.462 e. The lowest BCUT2D eigenvalue weighted by Gasteiger charge is -2.18. The number of carbonyl (C=O) groups excluding carboxylic acids is 3. The molecule has 0 rings (SSSR count). The van der Waals surface area contributed by atoms with Gasteiger partial charge in [-0.1, -0.05) is 269 Å². The van der Waals surface area contributed by atoms with E-state index in [0.29, 0.717) is 19.3 Å². The lowest BCUT2D eigenvalue weighted by molar-refractivity contribution is -0.167. The van der Waals surface area contributed by atoms with Gasteiger partial charge < -0.3 is 14.2 Å². The molecule has 0 aliphatic rings. The maximum atomic E-state index is 12.9. The summed E-state index contributed by atoms with van der Waals surface area (Å²) in [6.07, 6.45) is 68.5. The lowest BCUT2D eigenvalue weighted by Crippen LogP contribution is -2.30. The van der Waals surface area contributed by atoms with Gasteiger partial charge in [0.05, 0.1) is 0 Å². The summed E-state index contributed by atoms with van der Waals surface area (Å²) in [6.45, 7) is 6.63. The van der Waals surface area contributed by atoms with Gasteiger partial charge in [-0.2, -0.15) is 0 Å². The van der Waals surface area contributed by atoms with Crippen molar-refractivity contribution in [2.75, 3.05) is 13.2 Å². The number of rotatable bonds is 55. The molecule has 0 unspecified atom stereocenters. The molecule has 0 heterocycles. The van der Waals surface area contributed by atoms with E-state index in [2.05, 4.69) is 57.2 Å². The van der Waals surface area contributed by atoms with Crippen molar-refractivity contribution in [2.45, 2.75) is 329 Å². The molecule has 0 fully saturated rings. The summed E-state index contributed by atoms with van der Waals surface area (Å²) in [6, 6.07) is 0. The molecule has 6 nitrogen and oxygen atoms in total. The normalized spacial score (nSPS) is 12.2. The van der Waals surface area contributed by atoms with Gasteiger partial charge in [0.15, 0.2) is 6.10 Å². The summed E-state index contributed by atoms with van der Waals surface area (Å²) in [7, 11) is 0. The summed E-state index contributed by atoms with van der Waals surface area (Å²) >= 11 is 0. The Kier molecular flexibility index (Phi) is 55.2. The minimum Gasteiger partial charge on any atom is -0.462 e. The predicted molar refractivity (Wildman–Crippen MR) is 293 cm³/mol. The molecule has 0 saturated heterocycles. The Hall–Kier alpha value is -2.37. The van der Waals surface area contributed by atoms with Gasteiger partial charge in [0, 0.05) is 19.3 Å². The predicted octanol–water partition coefficient (Wildman–Crippen LogP) is 20.0. The monoisotopic (exact) mass is 955 g/mol. The van der Waals surface area contributed by atoms with E-state index in [4.69, 9.17) is 14.2 Å². The van der Waals surface area contributed by atoms with Crippen LogP contribution < -0.4 is 0 Å². The maximum absolute atomic E-state index is 12.9. The second-order valence-electron chi connectivity index (χ2n) is 20.3. The van der Waals surface area contributed by atoms with Crippen molar-refractivity contribution >= 4 is 17.9 Å². The standard InChI is InChI=1S/C62H114O6/c1-4-7-10-13-16-19-22-25-28-30-31-33-34-37-40-43-46-49-52-55-61(64)67-58-59(57-66-60(63)54-51-48-45-42-39-36-27-24-21-18-15-12-9-6-3)68-62(65)56-53-50-47-44-41-38-35-32-29-26-23-20-17-14-11-8-5-2/h15,18,24,26-27,29,59H,4-14,16-17,19-23,25,28,30-58H2,1-3H3/b18-15+,27-24+,29-26+/t59-/m1/s1. The van der Waals surface area contributed by atoms with Crippen LogP contribution in [0, 0.1) is 0 Å². The summed E-state index contributed by atoms with van der Waals surface area (Å²) in [5.41, 5.74) is 0. The highest BCUT2D eigenvalue weighted by Gasteiger charge is 2.19. The Labute approximate surface area is 423 Å². The lowest BCUT2D eigenvalue weighted by atomic mass is 10.0. The first-order valence-corrected chi connectivity index (χ1v) is 30.0. The molecule has 1 atom stereocenters. The van der Waals surface area contributed by atoms with Gasteiger partial charge in [-0.05, 0) is 70.6 Å². The molecule has 0 aromatic heterocycles. The van der Waals surface area contributed by atoms with E-state index >= 15 is 0 Å². The van der Waals surface area contributed by atoms with Gasteiger partial charge in [-0.3, -0.25) is 14.4 Å². The van der Waals surface area contributed by atoms with E-state index in [1.165, 1.54) is 205 Å². The van der Waals surface area contributed by atoms with Crippen LogP contribution >= 0.6 is 0 Å². The Morgan fingerprint density at radius 1 is 0.294 bits per heavy atom. The van der Waals surface area contributed by atoms with Gasteiger partial charge in [-0.15, -0.1) is 0 Å². The van der Waals surface area contributed by atoms with Crippen molar-refractivity contribution in [3.63, 3.8) is 0 Å². The zero-order valence-corrected chi connectivity index (χ0v) is 45.6. The molecule has 0 N–H and O–H groups in total. The van der Waals surface area contributed by atoms with E-state index in [1.54, 1.807) is 0 Å². The number of ether oxygens (including phenoxy) is 3. The van der Waals surface area contributed by atoms with Crippen LogP contribution in [0.3, 0.4) is 0 Å². The molecule has 0 saturated carbocycles. The first-order chi connectivity index (χ1) is 33.5. The van der Waals surface area contributed by atoms with Crippen LogP contribution in [0.2, 0.25) is 0 Å². The van der Waals surface area contributed by atoms with Crippen molar-refractivity contribution in [3.8, 4) is 0 Å². The van der Waals surface area contributed by atoms with Crippen molar-refractivity contribution in [3.05, 3.63) is 36.5 Å². The van der Waals surface area contributed by atoms with Crippen LogP contribution in [0.4, 0.5) is 0 Å². The number of esters is 3. The topological polar surface area (TPSA) is 78.9 Å². The highest BCUT2D eigenvalue weighted by Crippen LogP contribution is 2.17. The van der Waals surface area contributed by atoms with E-state index < -0.39 is 6.10 Å². The van der Waals surface area contributed by atoms with Crippen LogP contribution in [0.15, 0.2) is 36.5 Å². The summed E-state index contributed by atoms with van der Waals surface area (Å²) in [5, 5.41) is 0. The van der Waals surface area contributed by atoms with E-state index in [-0.39, 0.29) is 31.1 Å². The van der Waals surface area contributed by atoms with Crippen molar-refractivity contribution in [1.29, 1.82) is 0 Å². The van der Waals surface area contributed by atoms with Crippen LogP contribution in [-0.2, 0) is 28.6 Å². The maximum Gasteiger partial charge on any atom is 0.306 e. The molecule has 0 amide bonds. The first-order valence-electron chi connectivity index (χ1n) is 30.0. The first kappa shape index (κ1) is 65.6. The molecular formula is C62H114O6. The molecule has 6 heteroatoms. The number of carbonyl (C=O) groups is 3.